The van der Waals surface area contributed by atoms with Gasteiger partial charge in [-0.25, -0.2) is 4.98 Å². The maximum Gasteiger partial charge on any atom is 0.261 e. The fourth-order valence-electron chi connectivity index (χ4n) is 1.55. The number of carbonyl (C=O) groups excluding carboxylic acids is 1. The van der Waals surface area contributed by atoms with Gasteiger partial charge in [0.2, 0.25) is 0 Å². The number of aliphatic hydroxyl groups excluding tert-OH is 1. The number of hydrogen-bond donors (Lipinski definition) is 2. The number of aromatic nitrogens is 3. The quantitative estimate of drug-likeness (QED) is 0.805. The highest BCUT2D eigenvalue weighted by atomic mass is 32.1. The van der Waals surface area contributed by atoms with Gasteiger partial charge >= 0.3 is 0 Å². The van der Waals surface area contributed by atoms with Crippen molar-refractivity contribution < 1.29 is 9.90 Å². The molecule has 0 spiro atoms. The summed E-state index contributed by atoms with van der Waals surface area (Å²) in [5.74, 6) is 5.79. The molecule has 2 heterocycles. The zero-order valence-electron chi connectivity index (χ0n) is 11.2. The van der Waals surface area contributed by atoms with Crippen LogP contribution in [-0.4, -0.2) is 32.4 Å². The summed E-state index contributed by atoms with van der Waals surface area (Å²) >= 11 is 1.31. The summed E-state index contributed by atoms with van der Waals surface area (Å²) in [6.07, 6.45) is 1.58. The Morgan fingerprint density at radius 1 is 1.60 bits per heavy atom. The molecule has 0 aliphatic carbocycles. The van der Waals surface area contributed by atoms with Crippen LogP contribution in [0.5, 0.6) is 0 Å². The standard InChI is InChI=1S/C13H14N4O2S/c1-9-6-11(20-10(9)4-3-5-18)13(19)14-7-12-15-8-17(2)16-12/h6,8,18H,5,7H2,1-2H3,(H,14,19). The molecule has 0 unspecified atom stereocenters. The van der Waals surface area contributed by atoms with Crippen LogP contribution in [0.4, 0.5) is 0 Å². The molecule has 2 rings (SSSR count). The molecule has 0 bridgehead atoms. The van der Waals surface area contributed by atoms with E-state index < -0.39 is 0 Å². The fraction of sp³-hybridized carbons (Fsp3) is 0.308. The number of rotatable bonds is 3. The van der Waals surface area contributed by atoms with E-state index in [0.717, 1.165) is 10.4 Å². The average molecular weight is 290 g/mol. The van der Waals surface area contributed by atoms with E-state index in [0.29, 0.717) is 10.7 Å². The molecular weight excluding hydrogens is 276 g/mol. The van der Waals surface area contributed by atoms with Crippen molar-refractivity contribution in [1.82, 2.24) is 20.1 Å². The highest BCUT2D eigenvalue weighted by Crippen LogP contribution is 2.20. The van der Waals surface area contributed by atoms with Crippen LogP contribution in [0, 0.1) is 18.8 Å². The number of aliphatic hydroxyl groups is 1. The molecule has 2 aromatic rings. The Hall–Kier alpha value is -2.17. The van der Waals surface area contributed by atoms with Gasteiger partial charge in [0.25, 0.3) is 5.91 Å². The Morgan fingerprint density at radius 2 is 2.40 bits per heavy atom. The van der Waals surface area contributed by atoms with E-state index in [-0.39, 0.29) is 19.1 Å². The molecule has 0 aliphatic rings. The lowest BCUT2D eigenvalue weighted by Crippen LogP contribution is -2.22. The van der Waals surface area contributed by atoms with Crippen LogP contribution in [-0.2, 0) is 13.6 Å². The lowest BCUT2D eigenvalue weighted by molar-refractivity contribution is 0.0954. The summed E-state index contributed by atoms with van der Waals surface area (Å²) in [6.45, 7) is 1.98. The molecule has 0 fully saturated rings. The summed E-state index contributed by atoms with van der Waals surface area (Å²) in [4.78, 5) is 17.4. The van der Waals surface area contributed by atoms with Crippen LogP contribution in [0.15, 0.2) is 12.4 Å². The number of nitrogens with zero attached hydrogens (tertiary/aromatic N) is 3. The molecule has 1 amide bonds. The van der Waals surface area contributed by atoms with Crippen molar-refractivity contribution in [2.45, 2.75) is 13.5 Å². The molecule has 20 heavy (non-hydrogen) atoms. The van der Waals surface area contributed by atoms with Crippen LogP contribution < -0.4 is 5.32 Å². The molecule has 0 aliphatic heterocycles. The predicted molar refractivity (Wildman–Crippen MR) is 75.2 cm³/mol. The van der Waals surface area contributed by atoms with E-state index in [2.05, 4.69) is 27.2 Å². The van der Waals surface area contributed by atoms with Crippen molar-refractivity contribution in [3.63, 3.8) is 0 Å². The minimum atomic E-state index is -0.190. The van der Waals surface area contributed by atoms with Gasteiger partial charge < -0.3 is 10.4 Å². The zero-order chi connectivity index (χ0) is 14.5. The molecule has 2 N–H and O–H groups in total. The number of hydrogen-bond acceptors (Lipinski definition) is 5. The lowest BCUT2D eigenvalue weighted by Gasteiger charge is -1.99. The highest BCUT2D eigenvalue weighted by Gasteiger charge is 2.12. The normalized spacial score (nSPS) is 9.95. The van der Waals surface area contributed by atoms with Crippen molar-refractivity contribution in [3.8, 4) is 11.8 Å². The highest BCUT2D eigenvalue weighted by molar-refractivity contribution is 7.14. The van der Waals surface area contributed by atoms with E-state index in [4.69, 9.17) is 5.11 Å². The van der Waals surface area contributed by atoms with Crippen molar-refractivity contribution in [3.05, 3.63) is 33.5 Å². The van der Waals surface area contributed by atoms with E-state index in [1.165, 1.54) is 11.3 Å². The fourth-order valence-corrected chi connectivity index (χ4v) is 2.51. The summed E-state index contributed by atoms with van der Waals surface area (Å²) in [6, 6.07) is 1.78. The first kappa shape index (κ1) is 14.2. The van der Waals surface area contributed by atoms with Gasteiger partial charge in [0.15, 0.2) is 5.82 Å². The minimum Gasteiger partial charge on any atom is -0.384 e. The lowest BCUT2D eigenvalue weighted by atomic mass is 10.2. The first-order valence-corrected chi connectivity index (χ1v) is 6.74. The molecule has 0 radical (unpaired) electrons. The predicted octanol–water partition coefficient (Wildman–Crippen LogP) is 0.459. The van der Waals surface area contributed by atoms with Crippen LogP contribution in [0.25, 0.3) is 0 Å². The monoisotopic (exact) mass is 290 g/mol. The molecule has 7 heteroatoms. The third-order valence-electron chi connectivity index (χ3n) is 2.48. The van der Waals surface area contributed by atoms with Crippen LogP contribution in [0.1, 0.15) is 25.9 Å². The Labute approximate surface area is 120 Å². The Kier molecular flexibility index (Phi) is 4.50. The van der Waals surface area contributed by atoms with Gasteiger partial charge in [-0.2, -0.15) is 5.10 Å². The van der Waals surface area contributed by atoms with Gasteiger partial charge in [0.1, 0.15) is 12.9 Å². The summed E-state index contributed by atoms with van der Waals surface area (Å²) in [5, 5.41) is 15.5. The summed E-state index contributed by atoms with van der Waals surface area (Å²) < 4.78 is 1.58. The summed E-state index contributed by atoms with van der Waals surface area (Å²) in [5.41, 5.74) is 0.928. The molecule has 6 nitrogen and oxygen atoms in total. The van der Waals surface area contributed by atoms with Gasteiger partial charge in [-0.1, -0.05) is 11.8 Å². The number of aryl methyl sites for hydroxylation is 2. The van der Waals surface area contributed by atoms with E-state index in [1.807, 2.05) is 6.92 Å². The number of amides is 1. The molecule has 104 valence electrons. The average Bonchev–Trinajstić information content (AvgIpc) is 3.00. The van der Waals surface area contributed by atoms with Crippen molar-refractivity contribution in [2.75, 3.05) is 6.61 Å². The van der Waals surface area contributed by atoms with Gasteiger partial charge in [0, 0.05) is 7.05 Å². The molecular formula is C13H14N4O2S. The van der Waals surface area contributed by atoms with Crippen molar-refractivity contribution in [1.29, 1.82) is 0 Å². The molecule has 0 aromatic carbocycles. The van der Waals surface area contributed by atoms with Crippen LogP contribution in [0.2, 0.25) is 0 Å². The largest absolute Gasteiger partial charge is 0.384 e. The number of nitrogens with one attached hydrogen (secondary N) is 1. The van der Waals surface area contributed by atoms with Crippen LogP contribution in [0.3, 0.4) is 0 Å². The Morgan fingerprint density at radius 3 is 3.05 bits per heavy atom. The number of carbonyl (C=O) groups is 1. The first-order valence-electron chi connectivity index (χ1n) is 5.93. The topological polar surface area (TPSA) is 80.0 Å². The van der Waals surface area contributed by atoms with E-state index >= 15 is 0 Å². The van der Waals surface area contributed by atoms with Crippen molar-refractivity contribution >= 4 is 17.2 Å². The molecule has 0 atom stereocenters. The summed E-state index contributed by atoms with van der Waals surface area (Å²) in [7, 11) is 1.77. The zero-order valence-corrected chi connectivity index (χ0v) is 12.0. The van der Waals surface area contributed by atoms with Gasteiger partial charge in [0.05, 0.1) is 16.3 Å². The Bertz CT molecular complexity index is 678. The second kappa shape index (κ2) is 6.32. The smallest absolute Gasteiger partial charge is 0.261 e. The third-order valence-corrected chi connectivity index (χ3v) is 3.63. The molecule has 2 aromatic heterocycles. The minimum absolute atomic E-state index is 0.178. The van der Waals surface area contributed by atoms with Crippen LogP contribution >= 0.6 is 11.3 Å². The SMILES string of the molecule is Cc1cc(C(=O)NCc2ncn(C)n2)sc1C#CCO. The second-order valence-corrected chi connectivity index (χ2v) is 5.15. The first-order chi connectivity index (χ1) is 9.60. The number of thiophene rings is 1. The molecule has 0 saturated carbocycles. The molecule has 0 saturated heterocycles. The maximum atomic E-state index is 12.0. The van der Waals surface area contributed by atoms with Gasteiger partial charge in [-0.05, 0) is 18.6 Å². The third kappa shape index (κ3) is 3.44. The second-order valence-electron chi connectivity index (χ2n) is 4.10. The maximum absolute atomic E-state index is 12.0. The Balaban J connectivity index is 2.02. The van der Waals surface area contributed by atoms with Gasteiger partial charge in [-0.15, -0.1) is 11.3 Å². The van der Waals surface area contributed by atoms with Crippen molar-refractivity contribution in [2.24, 2.45) is 7.05 Å². The van der Waals surface area contributed by atoms with E-state index in [1.54, 1.807) is 24.1 Å². The van der Waals surface area contributed by atoms with E-state index in [9.17, 15) is 4.79 Å². The van der Waals surface area contributed by atoms with Gasteiger partial charge in [-0.3, -0.25) is 9.48 Å².